The van der Waals surface area contributed by atoms with Gasteiger partial charge in [0.2, 0.25) is 11.8 Å². The van der Waals surface area contributed by atoms with Crippen molar-refractivity contribution in [2.75, 3.05) is 22.5 Å². The summed E-state index contributed by atoms with van der Waals surface area (Å²) in [7, 11) is 0. The van der Waals surface area contributed by atoms with Crippen molar-refractivity contribution in [1.82, 2.24) is 9.55 Å². The average Bonchev–Trinajstić information content (AvgIpc) is 2.83. The molecule has 2 heterocycles. The van der Waals surface area contributed by atoms with Gasteiger partial charge in [0, 0.05) is 0 Å². The Bertz CT molecular complexity index is 1510. The van der Waals surface area contributed by atoms with Crippen LogP contribution in [0.25, 0.3) is 16.6 Å². The van der Waals surface area contributed by atoms with Gasteiger partial charge < -0.3 is 10.2 Å². The molecule has 1 aliphatic heterocycles. The lowest BCUT2D eigenvalue weighted by atomic mass is 10.1. The molecule has 0 fully saturated rings. The fraction of sp³-hybridized carbons (Fsp3) is 0.154. The van der Waals surface area contributed by atoms with E-state index in [-0.39, 0.29) is 29.7 Å². The largest absolute Gasteiger partial charge is 0.323 e. The van der Waals surface area contributed by atoms with Crippen LogP contribution in [0.15, 0.2) is 76.7 Å². The maximum atomic E-state index is 13.5. The van der Waals surface area contributed by atoms with Crippen molar-refractivity contribution < 1.29 is 9.59 Å². The maximum absolute atomic E-state index is 13.5. The summed E-state index contributed by atoms with van der Waals surface area (Å²) in [6.45, 7) is 3.90. The van der Waals surface area contributed by atoms with E-state index in [0.717, 1.165) is 16.8 Å². The fourth-order valence-corrected chi connectivity index (χ4v) is 5.02. The number of anilines is 2. The molecule has 5 rings (SSSR count). The molecule has 0 bridgehead atoms. The zero-order chi connectivity index (χ0) is 23.8. The van der Waals surface area contributed by atoms with Crippen LogP contribution in [0.3, 0.4) is 0 Å². The summed E-state index contributed by atoms with van der Waals surface area (Å²) in [5, 5.41) is 3.73. The number of fused-ring (bicyclic) bond motifs is 2. The van der Waals surface area contributed by atoms with E-state index in [1.54, 1.807) is 28.8 Å². The minimum atomic E-state index is -0.243. The molecule has 8 heteroatoms. The summed E-state index contributed by atoms with van der Waals surface area (Å²) >= 11 is 1.19. The number of aromatic nitrogens is 2. The molecular weight excluding hydrogens is 448 g/mol. The summed E-state index contributed by atoms with van der Waals surface area (Å²) in [6, 6.07) is 20.3. The van der Waals surface area contributed by atoms with Gasteiger partial charge in [0.05, 0.1) is 33.7 Å². The molecule has 0 radical (unpaired) electrons. The van der Waals surface area contributed by atoms with Gasteiger partial charge in [-0.05, 0) is 49.7 Å². The molecule has 1 aliphatic rings. The third-order valence-electron chi connectivity index (χ3n) is 5.73. The van der Waals surface area contributed by atoms with Crippen molar-refractivity contribution >= 4 is 45.9 Å². The van der Waals surface area contributed by atoms with Gasteiger partial charge in [-0.15, -0.1) is 0 Å². The molecular formula is C26H22N4O3S. The monoisotopic (exact) mass is 470 g/mol. The van der Waals surface area contributed by atoms with Gasteiger partial charge in [-0.25, -0.2) is 4.98 Å². The Morgan fingerprint density at radius 2 is 1.76 bits per heavy atom. The van der Waals surface area contributed by atoms with Crippen LogP contribution in [0.4, 0.5) is 11.4 Å². The van der Waals surface area contributed by atoms with Crippen molar-refractivity contribution in [3.05, 3.63) is 88.2 Å². The molecule has 0 aliphatic carbocycles. The van der Waals surface area contributed by atoms with Crippen molar-refractivity contribution in [3.63, 3.8) is 0 Å². The summed E-state index contributed by atoms with van der Waals surface area (Å²) < 4.78 is 1.58. The van der Waals surface area contributed by atoms with Crippen molar-refractivity contribution in [2.24, 2.45) is 0 Å². The van der Waals surface area contributed by atoms with Crippen LogP contribution in [0.5, 0.6) is 0 Å². The number of amides is 2. The first kappa shape index (κ1) is 21.9. The van der Waals surface area contributed by atoms with Crippen LogP contribution < -0.4 is 15.8 Å². The third kappa shape index (κ3) is 3.97. The summed E-state index contributed by atoms with van der Waals surface area (Å²) in [5.74, 6) is -0.452. The minimum Gasteiger partial charge on any atom is -0.323 e. The highest BCUT2D eigenvalue weighted by atomic mass is 32.2. The molecule has 0 saturated carbocycles. The Kier molecular flexibility index (Phi) is 5.67. The molecule has 0 unspecified atom stereocenters. The SMILES string of the molecule is Cc1ccc(-n2c(SCC(=O)N3CC(=O)Nc4ccccc43)nc3ccccc3c2=O)c(C)c1. The highest BCUT2D eigenvalue weighted by molar-refractivity contribution is 7.99. The van der Waals surface area contributed by atoms with Crippen molar-refractivity contribution in [1.29, 1.82) is 0 Å². The normalized spacial score (nSPS) is 13.0. The molecule has 34 heavy (non-hydrogen) atoms. The van der Waals surface area contributed by atoms with E-state index in [4.69, 9.17) is 4.98 Å². The number of carbonyl (C=O) groups excluding carboxylic acids is 2. The van der Waals surface area contributed by atoms with Gasteiger partial charge in [-0.1, -0.05) is 53.7 Å². The molecule has 170 valence electrons. The quantitative estimate of drug-likeness (QED) is 0.359. The van der Waals surface area contributed by atoms with Crippen molar-refractivity contribution in [2.45, 2.75) is 19.0 Å². The number of thioether (sulfide) groups is 1. The van der Waals surface area contributed by atoms with Crippen LogP contribution in [-0.2, 0) is 9.59 Å². The first-order chi connectivity index (χ1) is 16.4. The van der Waals surface area contributed by atoms with Crippen LogP contribution >= 0.6 is 11.8 Å². The Morgan fingerprint density at radius 1 is 1.00 bits per heavy atom. The van der Waals surface area contributed by atoms with E-state index in [0.29, 0.717) is 27.4 Å². The number of benzene rings is 3. The van der Waals surface area contributed by atoms with Gasteiger partial charge in [0.15, 0.2) is 5.16 Å². The number of hydrogen-bond donors (Lipinski definition) is 1. The number of para-hydroxylation sites is 3. The smallest absolute Gasteiger partial charge is 0.266 e. The Hall–Kier alpha value is -3.91. The third-order valence-corrected chi connectivity index (χ3v) is 6.66. The number of hydrogen-bond acceptors (Lipinski definition) is 5. The Balaban J connectivity index is 1.54. The lowest BCUT2D eigenvalue weighted by Gasteiger charge is -2.29. The van der Waals surface area contributed by atoms with Crippen LogP contribution in [0.1, 0.15) is 11.1 Å². The molecule has 1 N–H and O–H groups in total. The lowest BCUT2D eigenvalue weighted by Crippen LogP contribution is -2.43. The van der Waals surface area contributed by atoms with Gasteiger partial charge in [0.25, 0.3) is 5.56 Å². The first-order valence-corrected chi connectivity index (χ1v) is 11.8. The molecule has 1 aromatic heterocycles. The predicted octanol–water partition coefficient (Wildman–Crippen LogP) is 4.08. The van der Waals surface area contributed by atoms with Crippen LogP contribution in [-0.4, -0.2) is 33.7 Å². The van der Waals surface area contributed by atoms with E-state index >= 15 is 0 Å². The summed E-state index contributed by atoms with van der Waals surface area (Å²) in [5.41, 5.74) is 4.41. The molecule has 7 nitrogen and oxygen atoms in total. The highest BCUT2D eigenvalue weighted by Gasteiger charge is 2.27. The highest BCUT2D eigenvalue weighted by Crippen LogP contribution is 2.30. The molecule has 0 atom stereocenters. The average molecular weight is 471 g/mol. The predicted molar refractivity (Wildman–Crippen MR) is 135 cm³/mol. The van der Waals surface area contributed by atoms with Gasteiger partial charge in [-0.2, -0.15) is 0 Å². The van der Waals surface area contributed by atoms with E-state index in [1.165, 1.54) is 16.7 Å². The van der Waals surface area contributed by atoms with Gasteiger partial charge >= 0.3 is 0 Å². The molecule has 2 amide bonds. The second-order valence-corrected chi connectivity index (χ2v) is 9.12. The zero-order valence-corrected chi connectivity index (χ0v) is 19.6. The van der Waals surface area contributed by atoms with E-state index < -0.39 is 0 Å². The molecule has 4 aromatic rings. The topological polar surface area (TPSA) is 84.3 Å². The number of rotatable bonds is 4. The number of nitrogens with zero attached hydrogens (tertiary/aromatic N) is 3. The minimum absolute atomic E-state index is 0.0251. The van der Waals surface area contributed by atoms with Crippen LogP contribution in [0, 0.1) is 13.8 Å². The number of aryl methyl sites for hydroxylation is 2. The molecule has 0 saturated heterocycles. The van der Waals surface area contributed by atoms with Crippen LogP contribution in [0.2, 0.25) is 0 Å². The fourth-order valence-electron chi connectivity index (χ4n) is 4.14. The Labute approximate surface area is 200 Å². The van der Waals surface area contributed by atoms with Gasteiger partial charge in [-0.3, -0.25) is 19.0 Å². The second kappa shape index (κ2) is 8.79. The van der Waals surface area contributed by atoms with Gasteiger partial charge in [0.1, 0.15) is 6.54 Å². The number of nitrogens with one attached hydrogen (secondary N) is 1. The molecule has 0 spiro atoms. The van der Waals surface area contributed by atoms with E-state index in [9.17, 15) is 14.4 Å². The lowest BCUT2D eigenvalue weighted by molar-refractivity contribution is -0.120. The second-order valence-electron chi connectivity index (χ2n) is 8.18. The van der Waals surface area contributed by atoms with E-state index in [2.05, 4.69) is 5.32 Å². The van der Waals surface area contributed by atoms with Crippen molar-refractivity contribution in [3.8, 4) is 5.69 Å². The summed E-state index contributed by atoms with van der Waals surface area (Å²) in [6.07, 6.45) is 0. The number of carbonyl (C=O) groups is 2. The zero-order valence-electron chi connectivity index (χ0n) is 18.7. The van der Waals surface area contributed by atoms with E-state index in [1.807, 2.05) is 56.3 Å². The Morgan fingerprint density at radius 3 is 2.59 bits per heavy atom. The molecule has 3 aromatic carbocycles. The summed E-state index contributed by atoms with van der Waals surface area (Å²) in [4.78, 5) is 45.0. The maximum Gasteiger partial charge on any atom is 0.266 e. The standard InChI is InChI=1S/C26H22N4O3S/c1-16-11-12-21(17(2)13-16)30-25(33)18-7-3-4-8-19(18)28-26(30)34-15-24(32)29-14-23(31)27-20-9-5-6-10-22(20)29/h3-13H,14-15H2,1-2H3,(H,27,31). The first-order valence-electron chi connectivity index (χ1n) is 10.8.